The van der Waals surface area contributed by atoms with Crippen molar-refractivity contribution in [2.24, 2.45) is 11.7 Å². The molecule has 0 aromatic heterocycles. The number of ether oxygens (including phenoxy) is 1. The highest BCUT2D eigenvalue weighted by molar-refractivity contribution is 9.10. The van der Waals surface area contributed by atoms with Crippen LogP contribution in [0.2, 0.25) is 0 Å². The topological polar surface area (TPSA) is 86.5 Å². The number of primary amides is 1. The van der Waals surface area contributed by atoms with Gasteiger partial charge in [0.25, 0.3) is 9.05 Å². The van der Waals surface area contributed by atoms with Crippen LogP contribution in [-0.2, 0) is 13.8 Å². The van der Waals surface area contributed by atoms with Crippen LogP contribution in [0.4, 0.5) is 4.39 Å². The van der Waals surface area contributed by atoms with Gasteiger partial charge in [-0.1, -0.05) is 6.92 Å². The zero-order valence-corrected chi connectivity index (χ0v) is 12.9. The van der Waals surface area contributed by atoms with Crippen LogP contribution in [-0.4, -0.2) is 20.9 Å². The normalized spacial score (nSPS) is 13.1. The monoisotopic (exact) mass is 373 g/mol. The average Bonchev–Trinajstić information content (AvgIpc) is 2.27. The molecule has 9 heteroatoms. The third-order valence-corrected chi connectivity index (χ3v) is 4.18. The van der Waals surface area contributed by atoms with Crippen molar-refractivity contribution in [1.29, 1.82) is 0 Å². The van der Waals surface area contributed by atoms with Crippen molar-refractivity contribution in [2.75, 3.05) is 6.61 Å². The summed E-state index contributed by atoms with van der Waals surface area (Å²) in [7, 11) is 0.887. The van der Waals surface area contributed by atoms with Crippen LogP contribution in [0.1, 0.15) is 6.92 Å². The Morgan fingerprint density at radius 3 is 2.63 bits per heavy atom. The van der Waals surface area contributed by atoms with Crippen molar-refractivity contribution < 1.29 is 22.3 Å². The Bertz CT molecular complexity index is 608. The number of halogens is 3. The van der Waals surface area contributed by atoms with Crippen molar-refractivity contribution in [3.8, 4) is 5.75 Å². The van der Waals surface area contributed by atoms with Gasteiger partial charge in [0.05, 0.1) is 17.0 Å². The van der Waals surface area contributed by atoms with Gasteiger partial charge in [-0.25, -0.2) is 12.8 Å². The number of hydrogen-bond acceptors (Lipinski definition) is 4. The van der Waals surface area contributed by atoms with E-state index in [-0.39, 0.29) is 16.8 Å². The quantitative estimate of drug-likeness (QED) is 0.799. The second-order valence-electron chi connectivity index (χ2n) is 3.77. The van der Waals surface area contributed by atoms with E-state index in [0.717, 1.165) is 12.1 Å². The molecule has 0 spiro atoms. The SMILES string of the molecule is CC(COc1cc(F)c(S(=O)(=O)Cl)cc1Br)C(N)=O. The fraction of sp³-hybridized carbons (Fsp3) is 0.300. The molecule has 0 heterocycles. The van der Waals surface area contributed by atoms with E-state index in [0.29, 0.717) is 0 Å². The first-order chi connectivity index (χ1) is 8.62. The summed E-state index contributed by atoms with van der Waals surface area (Å²) >= 11 is 3.03. The molecule has 1 rings (SSSR count). The molecule has 106 valence electrons. The van der Waals surface area contributed by atoms with Gasteiger partial charge >= 0.3 is 0 Å². The van der Waals surface area contributed by atoms with E-state index < -0.39 is 31.6 Å². The van der Waals surface area contributed by atoms with E-state index in [9.17, 15) is 17.6 Å². The van der Waals surface area contributed by atoms with Gasteiger partial charge in [0, 0.05) is 16.7 Å². The van der Waals surface area contributed by atoms with Crippen LogP contribution in [0, 0.1) is 11.7 Å². The summed E-state index contributed by atoms with van der Waals surface area (Å²) in [5.41, 5.74) is 5.05. The van der Waals surface area contributed by atoms with Crippen LogP contribution >= 0.6 is 26.6 Å². The molecule has 5 nitrogen and oxygen atoms in total. The third kappa shape index (κ3) is 4.32. The fourth-order valence-electron chi connectivity index (χ4n) is 1.10. The molecule has 0 aliphatic carbocycles. The molecule has 0 saturated heterocycles. The number of carbonyl (C=O) groups excluding carboxylic acids is 1. The lowest BCUT2D eigenvalue weighted by molar-refractivity contribution is -0.122. The smallest absolute Gasteiger partial charge is 0.264 e. The Morgan fingerprint density at radius 1 is 1.58 bits per heavy atom. The van der Waals surface area contributed by atoms with E-state index >= 15 is 0 Å². The molecule has 0 aliphatic rings. The minimum absolute atomic E-state index is 0.0506. The lowest BCUT2D eigenvalue weighted by atomic mass is 10.2. The second-order valence-corrected chi connectivity index (χ2v) is 7.15. The largest absolute Gasteiger partial charge is 0.491 e. The number of rotatable bonds is 5. The maximum atomic E-state index is 13.6. The molecule has 0 fully saturated rings. The lowest BCUT2D eigenvalue weighted by Gasteiger charge is -2.12. The predicted octanol–water partition coefficient (Wildman–Crippen LogP) is 2.02. The number of nitrogens with two attached hydrogens (primary N) is 1. The summed E-state index contributed by atoms with van der Waals surface area (Å²) in [5.74, 6) is -2.11. The zero-order chi connectivity index (χ0) is 14.8. The van der Waals surface area contributed by atoms with Gasteiger partial charge in [-0.2, -0.15) is 0 Å². The predicted molar refractivity (Wildman–Crippen MR) is 71.0 cm³/mol. The van der Waals surface area contributed by atoms with Crippen molar-refractivity contribution in [3.05, 3.63) is 22.4 Å². The molecular weight excluding hydrogens is 365 g/mol. The number of carbonyl (C=O) groups is 1. The molecular formula is C10H10BrClFNO4S. The van der Waals surface area contributed by atoms with Crippen LogP contribution in [0.5, 0.6) is 5.75 Å². The molecule has 1 aromatic rings. The summed E-state index contributed by atoms with van der Waals surface area (Å²) in [4.78, 5) is 10.2. The molecule has 0 aliphatic heterocycles. The van der Waals surface area contributed by atoms with Gasteiger partial charge in [-0.05, 0) is 22.0 Å². The summed E-state index contributed by atoms with van der Waals surface area (Å²) < 4.78 is 41.1. The third-order valence-electron chi connectivity index (χ3n) is 2.22. The lowest BCUT2D eigenvalue weighted by Crippen LogP contribution is -2.25. The maximum absolute atomic E-state index is 13.6. The number of hydrogen-bond donors (Lipinski definition) is 1. The van der Waals surface area contributed by atoms with Crippen molar-refractivity contribution >= 4 is 41.6 Å². The Labute approximate surface area is 122 Å². The molecule has 2 N–H and O–H groups in total. The molecule has 19 heavy (non-hydrogen) atoms. The van der Waals surface area contributed by atoms with Crippen molar-refractivity contribution in [2.45, 2.75) is 11.8 Å². The molecule has 1 atom stereocenters. The Morgan fingerprint density at radius 2 is 2.16 bits per heavy atom. The van der Waals surface area contributed by atoms with Gasteiger partial charge in [0.1, 0.15) is 16.5 Å². The summed E-state index contributed by atoms with van der Waals surface area (Å²) in [5, 5.41) is 0. The highest BCUT2D eigenvalue weighted by Crippen LogP contribution is 2.31. The minimum atomic E-state index is -4.18. The molecule has 1 aromatic carbocycles. The van der Waals surface area contributed by atoms with Crippen LogP contribution in [0.25, 0.3) is 0 Å². The molecule has 0 saturated carbocycles. The van der Waals surface area contributed by atoms with E-state index in [1.165, 1.54) is 0 Å². The van der Waals surface area contributed by atoms with Crippen LogP contribution < -0.4 is 10.5 Å². The molecule has 0 radical (unpaired) electrons. The maximum Gasteiger partial charge on any atom is 0.264 e. The van der Waals surface area contributed by atoms with E-state index in [4.69, 9.17) is 21.2 Å². The standard InChI is InChI=1S/C10H10BrClFNO4S/c1-5(10(14)15)4-18-8-3-7(13)9(2-6(8)11)19(12,16)17/h2-3,5H,4H2,1H3,(H2,14,15). The first-order valence-corrected chi connectivity index (χ1v) is 8.09. The fourth-order valence-corrected chi connectivity index (χ4v) is 2.62. The van der Waals surface area contributed by atoms with Gasteiger partial charge in [0.2, 0.25) is 5.91 Å². The van der Waals surface area contributed by atoms with Crippen molar-refractivity contribution in [1.82, 2.24) is 0 Å². The summed E-state index contributed by atoms with van der Waals surface area (Å²) in [6, 6.07) is 1.86. The van der Waals surface area contributed by atoms with Gasteiger partial charge < -0.3 is 10.5 Å². The highest BCUT2D eigenvalue weighted by Gasteiger charge is 2.20. The van der Waals surface area contributed by atoms with Gasteiger partial charge in [0.15, 0.2) is 0 Å². The zero-order valence-electron chi connectivity index (χ0n) is 9.69. The minimum Gasteiger partial charge on any atom is -0.491 e. The van der Waals surface area contributed by atoms with E-state index in [2.05, 4.69) is 15.9 Å². The van der Waals surface area contributed by atoms with Crippen molar-refractivity contribution in [3.63, 3.8) is 0 Å². The van der Waals surface area contributed by atoms with Crippen LogP contribution in [0.15, 0.2) is 21.5 Å². The summed E-state index contributed by atoms with van der Waals surface area (Å²) in [6.07, 6.45) is 0. The summed E-state index contributed by atoms with van der Waals surface area (Å²) in [6.45, 7) is 1.49. The van der Waals surface area contributed by atoms with E-state index in [1.54, 1.807) is 6.92 Å². The Balaban J connectivity index is 3.00. The average molecular weight is 375 g/mol. The first kappa shape index (κ1) is 16.2. The first-order valence-electron chi connectivity index (χ1n) is 4.98. The second kappa shape index (κ2) is 6.06. The molecule has 1 amide bonds. The highest BCUT2D eigenvalue weighted by atomic mass is 79.9. The Kier molecular flexibility index (Phi) is 5.17. The van der Waals surface area contributed by atoms with Crippen LogP contribution in [0.3, 0.4) is 0 Å². The molecule has 1 unspecified atom stereocenters. The molecule has 0 bridgehead atoms. The number of benzene rings is 1. The number of amides is 1. The van der Waals surface area contributed by atoms with Gasteiger partial charge in [-0.15, -0.1) is 0 Å². The Hall–Kier alpha value is -0.860. The van der Waals surface area contributed by atoms with Gasteiger partial charge in [-0.3, -0.25) is 4.79 Å². The van der Waals surface area contributed by atoms with E-state index in [1.807, 2.05) is 0 Å².